The van der Waals surface area contributed by atoms with Gasteiger partial charge in [0.05, 0.1) is 24.7 Å². The Morgan fingerprint density at radius 2 is 1.92 bits per heavy atom. The Kier molecular flexibility index (Phi) is 5.78. The molecule has 132 valence electrons. The van der Waals surface area contributed by atoms with Crippen molar-refractivity contribution >= 4 is 17.3 Å². The molecule has 0 aromatic heterocycles. The molecule has 1 N–H and O–H groups in total. The third-order valence-electron chi connectivity index (χ3n) is 3.55. The fraction of sp³-hybridized carbons (Fsp3) is 0.235. The van der Waals surface area contributed by atoms with Gasteiger partial charge in [0, 0.05) is 18.7 Å². The molecular formula is C17H18N2O6. The smallest absolute Gasteiger partial charge is 0.338 e. The van der Waals surface area contributed by atoms with Crippen LogP contribution in [0.1, 0.15) is 15.9 Å². The van der Waals surface area contributed by atoms with Crippen LogP contribution in [0.5, 0.6) is 11.5 Å². The number of carbonyl (C=O) groups excluding carboxylic acids is 1. The molecule has 0 fully saturated rings. The molecule has 8 heteroatoms. The molecule has 0 unspecified atom stereocenters. The Hall–Kier alpha value is -3.29. The zero-order chi connectivity index (χ0) is 18.4. The summed E-state index contributed by atoms with van der Waals surface area (Å²) < 4.78 is 15.6. The minimum Gasteiger partial charge on any atom is -0.497 e. The highest BCUT2D eigenvalue weighted by molar-refractivity contribution is 5.91. The van der Waals surface area contributed by atoms with Gasteiger partial charge in [0.15, 0.2) is 0 Å². The zero-order valence-corrected chi connectivity index (χ0v) is 14.1. The normalized spacial score (nSPS) is 10.0. The van der Waals surface area contributed by atoms with Crippen LogP contribution >= 0.6 is 0 Å². The first kappa shape index (κ1) is 18.1. The van der Waals surface area contributed by atoms with Crippen molar-refractivity contribution in [1.82, 2.24) is 0 Å². The van der Waals surface area contributed by atoms with Crippen molar-refractivity contribution in [3.05, 3.63) is 57.6 Å². The molecule has 8 nitrogen and oxygen atoms in total. The van der Waals surface area contributed by atoms with E-state index in [0.717, 1.165) is 0 Å². The average molecular weight is 346 g/mol. The van der Waals surface area contributed by atoms with Crippen LogP contribution in [0, 0.1) is 10.1 Å². The summed E-state index contributed by atoms with van der Waals surface area (Å²) in [7, 11) is 4.60. The summed E-state index contributed by atoms with van der Waals surface area (Å²) in [5.74, 6) is 0.474. The molecule has 2 rings (SSSR count). The average Bonchev–Trinajstić information content (AvgIpc) is 2.65. The minimum absolute atomic E-state index is 0.0548. The fourth-order valence-electron chi connectivity index (χ4n) is 2.24. The number of nitro groups is 1. The van der Waals surface area contributed by atoms with E-state index in [1.165, 1.54) is 32.4 Å². The first-order chi connectivity index (χ1) is 12.0. The second kappa shape index (κ2) is 8.00. The maximum atomic E-state index is 12.2. The number of benzene rings is 2. The minimum atomic E-state index is -0.671. The first-order valence-corrected chi connectivity index (χ1v) is 7.34. The molecule has 0 spiro atoms. The van der Waals surface area contributed by atoms with Gasteiger partial charge in [0.2, 0.25) is 0 Å². The van der Waals surface area contributed by atoms with E-state index in [1.807, 2.05) is 0 Å². The second-order valence-corrected chi connectivity index (χ2v) is 4.99. The number of nitro benzene ring substituents is 1. The molecule has 0 radical (unpaired) electrons. The standard InChI is InChI=1S/C17H18N2O6/c1-18-14-6-4-11(9-15(14)19(21)22)17(20)25-10-12-8-13(23-2)5-7-16(12)24-3/h4-9,18H,10H2,1-3H3. The lowest BCUT2D eigenvalue weighted by molar-refractivity contribution is -0.384. The van der Waals surface area contributed by atoms with Crippen LogP contribution in [-0.2, 0) is 11.3 Å². The Balaban J connectivity index is 2.18. The molecular weight excluding hydrogens is 328 g/mol. The van der Waals surface area contributed by atoms with Gasteiger partial charge in [-0.05, 0) is 30.3 Å². The summed E-state index contributed by atoms with van der Waals surface area (Å²) in [6.45, 7) is -0.0548. The van der Waals surface area contributed by atoms with E-state index in [4.69, 9.17) is 14.2 Å². The Labute approximate surface area is 144 Å². The van der Waals surface area contributed by atoms with Crippen LogP contribution < -0.4 is 14.8 Å². The summed E-state index contributed by atoms with van der Waals surface area (Å²) in [5, 5.41) is 13.8. The van der Waals surface area contributed by atoms with Gasteiger partial charge in [-0.25, -0.2) is 4.79 Å². The SMILES string of the molecule is CNc1ccc(C(=O)OCc2cc(OC)ccc2OC)cc1[N+](=O)[O-]. The lowest BCUT2D eigenvalue weighted by Crippen LogP contribution is -2.07. The first-order valence-electron chi connectivity index (χ1n) is 7.34. The topological polar surface area (TPSA) is 99.9 Å². The molecule has 0 atom stereocenters. The Morgan fingerprint density at radius 3 is 2.52 bits per heavy atom. The molecule has 2 aromatic rings. The van der Waals surface area contributed by atoms with Crippen LogP contribution in [0.3, 0.4) is 0 Å². The predicted molar refractivity (Wildman–Crippen MR) is 91.3 cm³/mol. The van der Waals surface area contributed by atoms with Crippen LogP contribution in [0.4, 0.5) is 11.4 Å². The number of hydrogen-bond donors (Lipinski definition) is 1. The zero-order valence-electron chi connectivity index (χ0n) is 14.1. The van der Waals surface area contributed by atoms with Gasteiger partial charge >= 0.3 is 5.97 Å². The van der Waals surface area contributed by atoms with Crippen molar-refractivity contribution in [3.8, 4) is 11.5 Å². The fourth-order valence-corrected chi connectivity index (χ4v) is 2.24. The molecule has 0 aliphatic heterocycles. The van der Waals surface area contributed by atoms with Crippen molar-refractivity contribution in [3.63, 3.8) is 0 Å². The maximum Gasteiger partial charge on any atom is 0.338 e. The number of esters is 1. The van der Waals surface area contributed by atoms with E-state index in [9.17, 15) is 14.9 Å². The number of nitrogens with zero attached hydrogens (tertiary/aromatic N) is 1. The van der Waals surface area contributed by atoms with Gasteiger partial charge in [-0.1, -0.05) is 0 Å². The number of rotatable bonds is 7. The van der Waals surface area contributed by atoms with Crippen molar-refractivity contribution in [2.75, 3.05) is 26.6 Å². The highest BCUT2D eigenvalue weighted by Crippen LogP contribution is 2.27. The van der Waals surface area contributed by atoms with Crippen LogP contribution in [-0.4, -0.2) is 32.2 Å². The summed E-state index contributed by atoms with van der Waals surface area (Å²) in [4.78, 5) is 22.7. The summed E-state index contributed by atoms with van der Waals surface area (Å²) >= 11 is 0. The number of ether oxygens (including phenoxy) is 3. The van der Waals surface area contributed by atoms with E-state index < -0.39 is 10.9 Å². The second-order valence-electron chi connectivity index (χ2n) is 4.99. The number of hydrogen-bond acceptors (Lipinski definition) is 7. The number of nitrogens with one attached hydrogen (secondary N) is 1. The van der Waals surface area contributed by atoms with Crippen molar-refractivity contribution in [2.24, 2.45) is 0 Å². The number of anilines is 1. The largest absolute Gasteiger partial charge is 0.497 e. The van der Waals surface area contributed by atoms with Gasteiger partial charge < -0.3 is 19.5 Å². The lowest BCUT2D eigenvalue weighted by atomic mass is 10.1. The molecule has 25 heavy (non-hydrogen) atoms. The third-order valence-corrected chi connectivity index (χ3v) is 3.55. The van der Waals surface area contributed by atoms with E-state index in [1.54, 1.807) is 25.2 Å². The molecule has 0 bridgehead atoms. The van der Waals surface area contributed by atoms with Crippen LogP contribution in [0.2, 0.25) is 0 Å². The number of methoxy groups -OCH3 is 2. The molecule has 0 saturated heterocycles. The van der Waals surface area contributed by atoms with Crippen molar-refractivity contribution < 1.29 is 23.9 Å². The number of carbonyl (C=O) groups is 1. The highest BCUT2D eigenvalue weighted by Gasteiger charge is 2.18. The molecule has 2 aromatic carbocycles. The van der Waals surface area contributed by atoms with Gasteiger partial charge in [0.25, 0.3) is 5.69 Å². The van der Waals surface area contributed by atoms with Gasteiger partial charge in [-0.2, -0.15) is 0 Å². The molecule has 0 aliphatic rings. The van der Waals surface area contributed by atoms with Gasteiger partial charge in [-0.15, -0.1) is 0 Å². The van der Waals surface area contributed by atoms with Crippen molar-refractivity contribution in [1.29, 1.82) is 0 Å². The molecule has 0 heterocycles. The van der Waals surface area contributed by atoms with Crippen LogP contribution in [0.25, 0.3) is 0 Å². The van der Waals surface area contributed by atoms with E-state index in [2.05, 4.69) is 5.32 Å². The maximum absolute atomic E-state index is 12.2. The highest BCUT2D eigenvalue weighted by atomic mass is 16.6. The monoisotopic (exact) mass is 346 g/mol. The summed E-state index contributed by atoms with van der Waals surface area (Å²) in [5.41, 5.74) is 0.830. The van der Waals surface area contributed by atoms with E-state index in [-0.39, 0.29) is 17.9 Å². The Bertz CT molecular complexity index is 791. The van der Waals surface area contributed by atoms with Gasteiger partial charge in [0.1, 0.15) is 23.8 Å². The van der Waals surface area contributed by atoms with Crippen molar-refractivity contribution in [2.45, 2.75) is 6.61 Å². The van der Waals surface area contributed by atoms with Gasteiger partial charge in [-0.3, -0.25) is 10.1 Å². The Morgan fingerprint density at radius 1 is 1.16 bits per heavy atom. The quantitative estimate of drug-likeness (QED) is 0.467. The van der Waals surface area contributed by atoms with E-state index in [0.29, 0.717) is 22.7 Å². The van der Waals surface area contributed by atoms with E-state index >= 15 is 0 Å². The molecule has 0 aliphatic carbocycles. The lowest BCUT2D eigenvalue weighted by Gasteiger charge is -2.11. The predicted octanol–water partition coefficient (Wildman–Crippen LogP) is 3.01. The third kappa shape index (κ3) is 4.17. The summed E-state index contributed by atoms with van der Waals surface area (Å²) in [6.07, 6.45) is 0. The molecule has 0 amide bonds. The molecule has 0 saturated carbocycles. The van der Waals surface area contributed by atoms with Crippen LogP contribution in [0.15, 0.2) is 36.4 Å². The summed E-state index contributed by atoms with van der Waals surface area (Å²) in [6, 6.07) is 9.22.